The Labute approximate surface area is 150 Å². The first-order valence-electron chi connectivity index (χ1n) is 8.19. The summed E-state index contributed by atoms with van der Waals surface area (Å²) in [5, 5.41) is 12.6. The SMILES string of the molecule is COc1cc(-c2nc3cc(O)ccc3n2CC(C)NC(C)=O)ccc1F. The van der Waals surface area contributed by atoms with Crippen LogP contribution in [0.5, 0.6) is 11.5 Å². The molecule has 0 saturated carbocycles. The molecular weight excluding hydrogens is 337 g/mol. The molecule has 2 aromatic carbocycles. The molecule has 136 valence electrons. The third-order valence-electron chi connectivity index (χ3n) is 4.05. The Kier molecular flexibility index (Phi) is 4.79. The number of halogens is 1. The van der Waals surface area contributed by atoms with Gasteiger partial charge in [0.2, 0.25) is 5.91 Å². The molecule has 7 heteroatoms. The number of phenolic OH excluding ortho intramolecular Hbond substituents is 1. The van der Waals surface area contributed by atoms with E-state index in [1.54, 1.807) is 30.3 Å². The van der Waals surface area contributed by atoms with E-state index in [4.69, 9.17) is 4.74 Å². The van der Waals surface area contributed by atoms with Gasteiger partial charge in [0, 0.05) is 31.1 Å². The normalized spacial score (nSPS) is 12.2. The van der Waals surface area contributed by atoms with Crippen molar-refractivity contribution in [3.63, 3.8) is 0 Å². The first kappa shape index (κ1) is 17.7. The fourth-order valence-electron chi connectivity index (χ4n) is 2.99. The van der Waals surface area contributed by atoms with Crippen molar-refractivity contribution >= 4 is 16.9 Å². The maximum Gasteiger partial charge on any atom is 0.217 e. The summed E-state index contributed by atoms with van der Waals surface area (Å²) in [5.41, 5.74) is 2.09. The van der Waals surface area contributed by atoms with Crippen LogP contribution < -0.4 is 10.1 Å². The van der Waals surface area contributed by atoms with E-state index in [1.807, 2.05) is 11.5 Å². The molecule has 3 aromatic rings. The number of carbonyl (C=O) groups is 1. The maximum atomic E-state index is 13.8. The molecule has 0 spiro atoms. The van der Waals surface area contributed by atoms with Crippen LogP contribution in [0, 0.1) is 5.82 Å². The van der Waals surface area contributed by atoms with Crippen molar-refractivity contribution in [2.75, 3.05) is 7.11 Å². The van der Waals surface area contributed by atoms with Gasteiger partial charge in [0.15, 0.2) is 11.6 Å². The quantitative estimate of drug-likeness (QED) is 0.736. The Hall–Kier alpha value is -3.09. The van der Waals surface area contributed by atoms with Gasteiger partial charge < -0.3 is 19.7 Å². The molecule has 1 unspecified atom stereocenters. The Balaban J connectivity index is 2.14. The minimum Gasteiger partial charge on any atom is -0.508 e. The van der Waals surface area contributed by atoms with Gasteiger partial charge in [-0.3, -0.25) is 4.79 Å². The summed E-state index contributed by atoms with van der Waals surface area (Å²) in [6, 6.07) is 9.31. The summed E-state index contributed by atoms with van der Waals surface area (Å²) in [5.74, 6) is 0.257. The molecule has 0 fully saturated rings. The average molecular weight is 357 g/mol. The van der Waals surface area contributed by atoms with Gasteiger partial charge in [0.05, 0.1) is 18.1 Å². The van der Waals surface area contributed by atoms with Gasteiger partial charge in [0.1, 0.15) is 11.6 Å². The number of methoxy groups -OCH3 is 1. The number of carbonyl (C=O) groups excluding carboxylic acids is 1. The second-order valence-electron chi connectivity index (χ2n) is 6.17. The molecule has 1 atom stereocenters. The molecule has 1 amide bonds. The fraction of sp³-hybridized carbons (Fsp3) is 0.263. The highest BCUT2D eigenvalue weighted by Crippen LogP contribution is 2.30. The number of nitrogens with zero attached hydrogens (tertiary/aromatic N) is 2. The number of hydrogen-bond acceptors (Lipinski definition) is 4. The zero-order valence-electron chi connectivity index (χ0n) is 14.8. The van der Waals surface area contributed by atoms with E-state index in [2.05, 4.69) is 10.3 Å². The van der Waals surface area contributed by atoms with Crippen molar-refractivity contribution in [1.82, 2.24) is 14.9 Å². The number of phenols is 1. The molecule has 6 nitrogen and oxygen atoms in total. The molecule has 0 aliphatic carbocycles. The average Bonchev–Trinajstić information content (AvgIpc) is 2.92. The molecule has 3 rings (SSSR count). The summed E-state index contributed by atoms with van der Waals surface area (Å²) in [7, 11) is 1.40. The van der Waals surface area contributed by atoms with Crippen molar-refractivity contribution < 1.29 is 19.0 Å². The highest BCUT2D eigenvalue weighted by Gasteiger charge is 2.17. The molecule has 0 bridgehead atoms. The van der Waals surface area contributed by atoms with Crippen molar-refractivity contribution in [3.8, 4) is 22.9 Å². The lowest BCUT2D eigenvalue weighted by molar-refractivity contribution is -0.119. The topological polar surface area (TPSA) is 76.4 Å². The highest BCUT2D eigenvalue weighted by atomic mass is 19.1. The molecule has 1 aromatic heterocycles. The molecule has 26 heavy (non-hydrogen) atoms. The number of fused-ring (bicyclic) bond motifs is 1. The zero-order valence-corrected chi connectivity index (χ0v) is 14.8. The van der Waals surface area contributed by atoms with Gasteiger partial charge >= 0.3 is 0 Å². The van der Waals surface area contributed by atoms with Gasteiger partial charge in [-0.05, 0) is 37.3 Å². The largest absolute Gasteiger partial charge is 0.508 e. The third-order valence-corrected chi connectivity index (χ3v) is 4.05. The highest BCUT2D eigenvalue weighted by molar-refractivity contribution is 5.82. The Morgan fingerprint density at radius 1 is 1.35 bits per heavy atom. The number of aromatic nitrogens is 2. The lowest BCUT2D eigenvalue weighted by Crippen LogP contribution is -2.34. The number of benzene rings is 2. The standard InChI is InChI=1S/C19H20FN3O3/c1-11(21-12(2)24)10-23-17-7-5-14(25)9-16(17)22-19(23)13-4-6-15(20)18(8-13)26-3/h4-9,11,25H,10H2,1-3H3,(H,21,24). The molecule has 0 aliphatic heterocycles. The number of amides is 1. The van der Waals surface area contributed by atoms with Crippen LogP contribution >= 0.6 is 0 Å². The van der Waals surface area contributed by atoms with Crippen LogP contribution in [0.25, 0.3) is 22.4 Å². The summed E-state index contributed by atoms with van der Waals surface area (Å²) < 4.78 is 20.8. The molecule has 0 saturated heterocycles. The van der Waals surface area contributed by atoms with Crippen molar-refractivity contribution in [2.45, 2.75) is 26.4 Å². The lowest BCUT2D eigenvalue weighted by Gasteiger charge is -2.16. The first-order valence-corrected chi connectivity index (χ1v) is 8.19. The van der Waals surface area contributed by atoms with Crippen LogP contribution in [-0.4, -0.2) is 33.7 Å². The van der Waals surface area contributed by atoms with Gasteiger partial charge in [-0.25, -0.2) is 9.37 Å². The zero-order chi connectivity index (χ0) is 18.8. The van der Waals surface area contributed by atoms with Gasteiger partial charge in [-0.1, -0.05) is 0 Å². The number of rotatable bonds is 5. The number of hydrogen-bond donors (Lipinski definition) is 2. The number of imidazole rings is 1. The predicted octanol–water partition coefficient (Wildman–Crippen LogP) is 3.08. The van der Waals surface area contributed by atoms with Gasteiger partial charge in [0.25, 0.3) is 0 Å². The van der Waals surface area contributed by atoms with Gasteiger partial charge in [-0.2, -0.15) is 0 Å². The second-order valence-corrected chi connectivity index (χ2v) is 6.17. The van der Waals surface area contributed by atoms with Crippen LogP contribution in [0.2, 0.25) is 0 Å². The number of aromatic hydroxyl groups is 1. The minimum atomic E-state index is -0.455. The summed E-state index contributed by atoms with van der Waals surface area (Å²) in [6.45, 7) is 3.82. The number of ether oxygens (including phenoxy) is 1. The Morgan fingerprint density at radius 3 is 2.81 bits per heavy atom. The summed E-state index contributed by atoms with van der Waals surface area (Å²) in [6.07, 6.45) is 0. The van der Waals surface area contributed by atoms with Crippen molar-refractivity contribution in [1.29, 1.82) is 0 Å². The maximum absolute atomic E-state index is 13.8. The van der Waals surface area contributed by atoms with E-state index in [1.165, 1.54) is 20.1 Å². The number of nitrogens with one attached hydrogen (secondary N) is 1. The molecule has 0 aliphatic rings. The monoisotopic (exact) mass is 357 g/mol. The van der Waals surface area contributed by atoms with E-state index in [0.29, 0.717) is 23.4 Å². The summed E-state index contributed by atoms with van der Waals surface area (Å²) in [4.78, 5) is 15.9. The minimum absolute atomic E-state index is 0.111. The smallest absolute Gasteiger partial charge is 0.217 e. The second kappa shape index (κ2) is 7.03. The molecule has 1 heterocycles. The van der Waals surface area contributed by atoms with Crippen LogP contribution in [0.3, 0.4) is 0 Å². The van der Waals surface area contributed by atoms with Crippen LogP contribution in [0.4, 0.5) is 4.39 Å². The van der Waals surface area contributed by atoms with Crippen LogP contribution in [0.15, 0.2) is 36.4 Å². The Bertz CT molecular complexity index is 968. The van der Waals surface area contributed by atoms with E-state index >= 15 is 0 Å². The third kappa shape index (κ3) is 3.46. The first-order chi connectivity index (χ1) is 12.4. The molecule has 0 radical (unpaired) electrons. The predicted molar refractivity (Wildman–Crippen MR) is 96.6 cm³/mol. The van der Waals surface area contributed by atoms with Crippen LogP contribution in [0.1, 0.15) is 13.8 Å². The van der Waals surface area contributed by atoms with Crippen LogP contribution in [-0.2, 0) is 11.3 Å². The lowest BCUT2D eigenvalue weighted by atomic mass is 10.2. The summed E-state index contributed by atoms with van der Waals surface area (Å²) >= 11 is 0. The van der Waals surface area contributed by atoms with E-state index in [9.17, 15) is 14.3 Å². The van der Waals surface area contributed by atoms with Crippen molar-refractivity contribution in [3.05, 3.63) is 42.2 Å². The van der Waals surface area contributed by atoms with E-state index in [0.717, 1.165) is 5.52 Å². The molecule has 2 N–H and O–H groups in total. The van der Waals surface area contributed by atoms with E-state index in [-0.39, 0.29) is 23.4 Å². The van der Waals surface area contributed by atoms with Crippen molar-refractivity contribution in [2.24, 2.45) is 0 Å². The fourth-order valence-corrected chi connectivity index (χ4v) is 2.99. The Morgan fingerprint density at radius 2 is 2.12 bits per heavy atom. The van der Waals surface area contributed by atoms with Gasteiger partial charge in [-0.15, -0.1) is 0 Å². The van der Waals surface area contributed by atoms with E-state index < -0.39 is 5.82 Å². The molecular formula is C19H20FN3O3.